The van der Waals surface area contributed by atoms with Crippen LogP contribution in [0.15, 0.2) is 94.3 Å². The van der Waals surface area contributed by atoms with Crippen molar-refractivity contribution in [3.05, 3.63) is 140 Å². The van der Waals surface area contributed by atoms with E-state index in [0.717, 1.165) is 38.9 Å². The van der Waals surface area contributed by atoms with Gasteiger partial charge in [-0.15, -0.1) is 5.10 Å². The van der Waals surface area contributed by atoms with Gasteiger partial charge >= 0.3 is 0 Å². The molecule has 3 aromatic carbocycles. The number of halogens is 1. The molecule has 0 spiro atoms. The van der Waals surface area contributed by atoms with Gasteiger partial charge in [-0.2, -0.15) is 0 Å². The minimum absolute atomic E-state index is 0.214. The SMILES string of the molecule is COc1ccc(CN(Cc2ccccc2Cl)[C@@H](c2cc3c(C)cc(C)cc3[nH]c2=O)c2nnnn2Cc2ccco2)cc1. The fourth-order valence-corrected chi connectivity index (χ4v) is 5.71. The Morgan fingerprint density at radius 1 is 1.02 bits per heavy atom. The summed E-state index contributed by atoms with van der Waals surface area (Å²) < 4.78 is 12.7. The molecule has 6 rings (SSSR count). The summed E-state index contributed by atoms with van der Waals surface area (Å²) in [5.74, 6) is 1.96. The van der Waals surface area contributed by atoms with E-state index in [1.807, 2.05) is 86.6 Å². The molecule has 0 fully saturated rings. The first kappa shape index (κ1) is 28.4. The van der Waals surface area contributed by atoms with Crippen LogP contribution in [-0.2, 0) is 19.6 Å². The molecule has 6 aromatic rings. The number of methoxy groups -OCH3 is 1. The predicted octanol–water partition coefficient (Wildman–Crippen LogP) is 6.23. The molecule has 0 aliphatic heterocycles. The molecule has 0 amide bonds. The Balaban J connectivity index is 1.55. The number of fused-ring (bicyclic) bond motifs is 1. The number of hydrogen-bond donors (Lipinski definition) is 1. The number of furan rings is 1. The lowest BCUT2D eigenvalue weighted by atomic mass is 9.99. The van der Waals surface area contributed by atoms with Gasteiger partial charge in [0.2, 0.25) is 0 Å². The highest BCUT2D eigenvalue weighted by Gasteiger charge is 2.32. The Kier molecular flexibility index (Phi) is 8.09. The predicted molar refractivity (Wildman–Crippen MR) is 165 cm³/mol. The molecule has 3 heterocycles. The molecule has 0 unspecified atom stereocenters. The maximum Gasteiger partial charge on any atom is 0.253 e. The van der Waals surface area contributed by atoms with Gasteiger partial charge < -0.3 is 14.1 Å². The number of aryl methyl sites for hydroxylation is 2. The number of ether oxygens (including phenoxy) is 1. The Labute approximate surface area is 253 Å². The van der Waals surface area contributed by atoms with Gasteiger partial charge in [0.25, 0.3) is 5.56 Å². The summed E-state index contributed by atoms with van der Waals surface area (Å²) in [6, 6.07) is 24.7. The largest absolute Gasteiger partial charge is 0.497 e. The molecular formula is C33H31ClN6O3. The van der Waals surface area contributed by atoms with Crippen LogP contribution in [0.2, 0.25) is 5.02 Å². The fraction of sp³-hybridized carbons (Fsp3) is 0.212. The van der Waals surface area contributed by atoms with E-state index < -0.39 is 6.04 Å². The number of nitrogens with zero attached hydrogens (tertiary/aromatic N) is 5. The monoisotopic (exact) mass is 594 g/mol. The van der Waals surface area contributed by atoms with E-state index in [1.165, 1.54) is 0 Å². The van der Waals surface area contributed by atoms with Crippen LogP contribution in [0.5, 0.6) is 5.75 Å². The zero-order chi connectivity index (χ0) is 29.9. The zero-order valence-corrected chi connectivity index (χ0v) is 24.9. The van der Waals surface area contributed by atoms with Crippen molar-refractivity contribution in [3.63, 3.8) is 0 Å². The summed E-state index contributed by atoms with van der Waals surface area (Å²) >= 11 is 6.69. The number of hydrogen-bond acceptors (Lipinski definition) is 7. The number of rotatable bonds is 10. The number of pyridine rings is 1. The van der Waals surface area contributed by atoms with Crippen LogP contribution in [0.3, 0.4) is 0 Å². The van der Waals surface area contributed by atoms with Crippen molar-refractivity contribution in [1.82, 2.24) is 30.1 Å². The Morgan fingerprint density at radius 2 is 1.84 bits per heavy atom. The first-order valence-electron chi connectivity index (χ1n) is 13.9. The molecule has 3 aromatic heterocycles. The molecule has 0 bridgehead atoms. The molecule has 1 N–H and O–H groups in total. The number of tetrazole rings is 1. The van der Waals surface area contributed by atoms with Crippen molar-refractivity contribution in [2.75, 3.05) is 7.11 Å². The number of aromatic amines is 1. The fourth-order valence-electron chi connectivity index (χ4n) is 5.51. The summed E-state index contributed by atoms with van der Waals surface area (Å²) in [7, 11) is 1.64. The van der Waals surface area contributed by atoms with Crippen LogP contribution < -0.4 is 10.3 Å². The van der Waals surface area contributed by atoms with Crippen molar-refractivity contribution in [1.29, 1.82) is 0 Å². The quantitative estimate of drug-likeness (QED) is 0.201. The van der Waals surface area contributed by atoms with Crippen LogP contribution in [0, 0.1) is 13.8 Å². The molecule has 43 heavy (non-hydrogen) atoms. The molecule has 218 valence electrons. The van der Waals surface area contributed by atoms with Gasteiger partial charge in [-0.1, -0.05) is 48.0 Å². The topological polar surface area (TPSA) is 102 Å². The lowest BCUT2D eigenvalue weighted by Gasteiger charge is -2.31. The van der Waals surface area contributed by atoms with Crippen molar-refractivity contribution in [3.8, 4) is 5.75 Å². The van der Waals surface area contributed by atoms with Crippen LogP contribution in [0.4, 0.5) is 0 Å². The molecule has 9 nitrogen and oxygen atoms in total. The molecule has 0 saturated heterocycles. The number of H-pyrrole nitrogens is 1. The number of aromatic nitrogens is 5. The van der Waals surface area contributed by atoms with E-state index in [4.69, 9.17) is 20.8 Å². The van der Waals surface area contributed by atoms with E-state index in [0.29, 0.717) is 41.8 Å². The lowest BCUT2D eigenvalue weighted by Crippen LogP contribution is -2.35. The molecule has 0 aliphatic rings. The third-order valence-corrected chi connectivity index (χ3v) is 7.94. The second-order valence-corrected chi connectivity index (χ2v) is 11.0. The second kappa shape index (κ2) is 12.2. The van der Waals surface area contributed by atoms with Crippen LogP contribution >= 0.6 is 11.6 Å². The minimum atomic E-state index is -0.641. The maximum absolute atomic E-state index is 14.0. The normalized spacial score (nSPS) is 12.2. The Bertz CT molecular complexity index is 1910. The molecule has 1 atom stereocenters. The van der Waals surface area contributed by atoms with Gasteiger partial charge in [-0.05, 0) is 89.0 Å². The molecule has 0 saturated carbocycles. The summed E-state index contributed by atoms with van der Waals surface area (Å²) in [6.45, 7) is 5.26. The van der Waals surface area contributed by atoms with Gasteiger partial charge in [-0.3, -0.25) is 9.69 Å². The highest BCUT2D eigenvalue weighted by atomic mass is 35.5. The van der Waals surface area contributed by atoms with E-state index in [-0.39, 0.29) is 5.56 Å². The lowest BCUT2D eigenvalue weighted by molar-refractivity contribution is 0.193. The zero-order valence-electron chi connectivity index (χ0n) is 24.1. The summed E-state index contributed by atoms with van der Waals surface area (Å²) in [5, 5.41) is 14.4. The van der Waals surface area contributed by atoms with Crippen LogP contribution in [0.25, 0.3) is 10.9 Å². The molecule has 0 aliphatic carbocycles. The van der Waals surface area contributed by atoms with Crippen LogP contribution in [0.1, 0.15) is 45.4 Å². The summed E-state index contributed by atoms with van der Waals surface area (Å²) in [4.78, 5) is 19.3. The van der Waals surface area contributed by atoms with Crippen molar-refractivity contribution in [2.24, 2.45) is 0 Å². The molecule has 10 heteroatoms. The highest BCUT2D eigenvalue weighted by molar-refractivity contribution is 6.31. The number of nitrogens with one attached hydrogen (secondary N) is 1. The van der Waals surface area contributed by atoms with Gasteiger partial charge in [-0.25, -0.2) is 4.68 Å². The van der Waals surface area contributed by atoms with Crippen LogP contribution in [-0.4, -0.2) is 37.2 Å². The third kappa shape index (κ3) is 6.09. The van der Waals surface area contributed by atoms with E-state index in [9.17, 15) is 4.79 Å². The van der Waals surface area contributed by atoms with Gasteiger partial charge in [0.15, 0.2) is 5.82 Å². The standard InChI is InChI=1S/C33H31ClN6O3/c1-21-15-22(2)27-17-28(33(41)35-30(27)16-21)31(32-36-37-38-40(32)20-26-8-6-14-43-26)39(19-24-7-4-5-9-29(24)34)18-23-10-12-25(42-3)13-11-23/h4-17,31H,18-20H2,1-3H3,(H,35,41)/t31-/m0/s1. The second-order valence-electron chi connectivity index (χ2n) is 10.6. The van der Waals surface area contributed by atoms with Crippen molar-refractivity contribution in [2.45, 2.75) is 39.5 Å². The van der Waals surface area contributed by atoms with Crippen molar-refractivity contribution >= 4 is 22.5 Å². The van der Waals surface area contributed by atoms with Gasteiger partial charge in [0.05, 0.1) is 13.4 Å². The van der Waals surface area contributed by atoms with Gasteiger partial charge in [0, 0.05) is 34.6 Å². The van der Waals surface area contributed by atoms with Gasteiger partial charge in [0.1, 0.15) is 24.1 Å². The summed E-state index contributed by atoms with van der Waals surface area (Å²) in [5.41, 5.74) is 5.17. The first-order chi connectivity index (χ1) is 20.9. The van der Waals surface area contributed by atoms with Crippen molar-refractivity contribution < 1.29 is 9.15 Å². The molecule has 0 radical (unpaired) electrons. The first-order valence-corrected chi connectivity index (χ1v) is 14.3. The highest BCUT2D eigenvalue weighted by Crippen LogP contribution is 2.32. The average molecular weight is 595 g/mol. The Hall–Kier alpha value is -4.73. The number of benzene rings is 3. The Morgan fingerprint density at radius 3 is 2.58 bits per heavy atom. The van der Waals surface area contributed by atoms with E-state index in [1.54, 1.807) is 18.1 Å². The molecular weight excluding hydrogens is 564 g/mol. The summed E-state index contributed by atoms with van der Waals surface area (Å²) in [6.07, 6.45) is 1.61. The minimum Gasteiger partial charge on any atom is -0.497 e. The smallest absolute Gasteiger partial charge is 0.253 e. The maximum atomic E-state index is 14.0. The van der Waals surface area contributed by atoms with E-state index in [2.05, 4.69) is 31.5 Å². The third-order valence-electron chi connectivity index (χ3n) is 7.57. The average Bonchev–Trinajstić information content (AvgIpc) is 3.68. The van der Waals surface area contributed by atoms with E-state index >= 15 is 0 Å².